The molecule has 2 N–H and O–H groups in total. The SMILES string of the molecule is O=C(CCNS(=O)(=O)c1ccc(Br)s1)NC1CCCCCC1. The van der Waals surface area contributed by atoms with E-state index < -0.39 is 10.0 Å². The van der Waals surface area contributed by atoms with Gasteiger partial charge in [0.15, 0.2) is 0 Å². The molecule has 0 saturated heterocycles. The summed E-state index contributed by atoms with van der Waals surface area (Å²) in [5.41, 5.74) is 0. The molecule has 0 aromatic carbocycles. The largest absolute Gasteiger partial charge is 0.353 e. The van der Waals surface area contributed by atoms with E-state index in [9.17, 15) is 13.2 Å². The highest BCUT2D eigenvalue weighted by molar-refractivity contribution is 9.11. The van der Waals surface area contributed by atoms with E-state index in [0.717, 1.165) is 40.8 Å². The van der Waals surface area contributed by atoms with Gasteiger partial charge in [0, 0.05) is 19.0 Å². The topological polar surface area (TPSA) is 75.3 Å². The van der Waals surface area contributed by atoms with Crippen molar-refractivity contribution in [3.63, 3.8) is 0 Å². The lowest BCUT2D eigenvalue weighted by Crippen LogP contribution is -2.36. The molecule has 0 spiro atoms. The molecule has 0 radical (unpaired) electrons. The van der Waals surface area contributed by atoms with Crippen LogP contribution in [-0.2, 0) is 14.8 Å². The van der Waals surface area contributed by atoms with Gasteiger partial charge in [-0.05, 0) is 40.9 Å². The van der Waals surface area contributed by atoms with Crippen molar-refractivity contribution in [1.29, 1.82) is 0 Å². The second-order valence-corrected chi connectivity index (χ2v) is 9.92. The van der Waals surface area contributed by atoms with Crippen molar-refractivity contribution in [3.8, 4) is 0 Å². The molecule has 124 valence electrons. The molecular formula is C14H21BrN2O3S2. The van der Waals surface area contributed by atoms with Gasteiger partial charge in [-0.15, -0.1) is 11.3 Å². The Kier molecular flexibility index (Phi) is 6.86. The van der Waals surface area contributed by atoms with Crippen LogP contribution in [-0.4, -0.2) is 26.9 Å². The van der Waals surface area contributed by atoms with Gasteiger partial charge < -0.3 is 5.32 Å². The molecule has 22 heavy (non-hydrogen) atoms. The Balaban J connectivity index is 1.74. The first-order valence-corrected chi connectivity index (χ1v) is 10.6. The fraction of sp³-hybridized carbons (Fsp3) is 0.643. The van der Waals surface area contributed by atoms with Crippen LogP contribution in [0, 0.1) is 0 Å². The Morgan fingerprint density at radius 2 is 1.91 bits per heavy atom. The number of nitrogens with one attached hydrogen (secondary N) is 2. The second-order valence-electron chi connectivity index (χ2n) is 5.46. The molecule has 1 saturated carbocycles. The van der Waals surface area contributed by atoms with Crippen LogP contribution in [0.2, 0.25) is 0 Å². The molecule has 0 bridgehead atoms. The summed E-state index contributed by atoms with van der Waals surface area (Å²) in [7, 11) is -3.52. The van der Waals surface area contributed by atoms with Crippen molar-refractivity contribution in [3.05, 3.63) is 15.9 Å². The minimum Gasteiger partial charge on any atom is -0.353 e. The number of halogens is 1. The normalized spacial score (nSPS) is 17.1. The van der Waals surface area contributed by atoms with Gasteiger partial charge in [-0.1, -0.05) is 25.7 Å². The maximum atomic E-state index is 12.0. The minimum atomic E-state index is -3.52. The van der Waals surface area contributed by atoms with E-state index in [-0.39, 0.29) is 29.1 Å². The summed E-state index contributed by atoms with van der Waals surface area (Å²) in [5, 5.41) is 3.01. The second kappa shape index (κ2) is 8.42. The first kappa shape index (κ1) is 17.9. The molecule has 8 heteroatoms. The minimum absolute atomic E-state index is 0.0815. The fourth-order valence-electron chi connectivity index (χ4n) is 2.54. The van der Waals surface area contributed by atoms with Crippen LogP contribution in [0.1, 0.15) is 44.9 Å². The molecule has 1 aliphatic carbocycles. The predicted molar refractivity (Wildman–Crippen MR) is 91.5 cm³/mol. The molecule has 1 heterocycles. The van der Waals surface area contributed by atoms with Gasteiger partial charge in [0.2, 0.25) is 15.9 Å². The third-order valence-electron chi connectivity index (χ3n) is 3.68. The highest BCUT2D eigenvalue weighted by atomic mass is 79.9. The third kappa shape index (κ3) is 5.64. The van der Waals surface area contributed by atoms with Gasteiger partial charge in [-0.2, -0.15) is 0 Å². The summed E-state index contributed by atoms with van der Waals surface area (Å²) >= 11 is 4.39. The molecule has 1 amide bonds. The van der Waals surface area contributed by atoms with E-state index in [0.29, 0.717) is 0 Å². The van der Waals surface area contributed by atoms with Crippen molar-refractivity contribution in [2.24, 2.45) is 0 Å². The van der Waals surface area contributed by atoms with Crippen molar-refractivity contribution >= 4 is 43.2 Å². The smallest absolute Gasteiger partial charge is 0.250 e. The number of hydrogen-bond donors (Lipinski definition) is 2. The first-order chi connectivity index (χ1) is 10.5. The van der Waals surface area contributed by atoms with Crippen molar-refractivity contribution < 1.29 is 13.2 Å². The van der Waals surface area contributed by atoms with Gasteiger partial charge in [0.25, 0.3) is 0 Å². The molecule has 1 aromatic heterocycles. The van der Waals surface area contributed by atoms with E-state index >= 15 is 0 Å². The molecule has 0 aliphatic heterocycles. The maximum absolute atomic E-state index is 12.0. The maximum Gasteiger partial charge on any atom is 0.250 e. The Bertz CT molecular complexity index is 593. The Labute approximate surface area is 144 Å². The summed E-state index contributed by atoms with van der Waals surface area (Å²) in [6, 6.07) is 3.49. The van der Waals surface area contributed by atoms with Gasteiger partial charge >= 0.3 is 0 Å². The zero-order valence-electron chi connectivity index (χ0n) is 12.3. The van der Waals surface area contributed by atoms with E-state index in [1.165, 1.54) is 12.8 Å². The standard InChI is InChI=1S/C14H21BrN2O3S2/c15-12-7-8-14(21-12)22(19,20)16-10-9-13(18)17-11-5-3-1-2-4-6-11/h7-8,11,16H,1-6,9-10H2,(H,17,18). The van der Waals surface area contributed by atoms with Crippen LogP contribution in [0.25, 0.3) is 0 Å². The van der Waals surface area contributed by atoms with Crippen LogP contribution in [0.5, 0.6) is 0 Å². The van der Waals surface area contributed by atoms with Crippen molar-refractivity contribution in [1.82, 2.24) is 10.0 Å². The molecule has 1 aliphatic rings. The lowest BCUT2D eigenvalue weighted by molar-refractivity contribution is -0.121. The molecule has 1 fully saturated rings. The summed E-state index contributed by atoms with van der Waals surface area (Å²) in [6.45, 7) is 0.121. The molecule has 5 nitrogen and oxygen atoms in total. The monoisotopic (exact) mass is 408 g/mol. The highest BCUT2D eigenvalue weighted by Crippen LogP contribution is 2.25. The quantitative estimate of drug-likeness (QED) is 0.710. The number of rotatable bonds is 6. The number of amides is 1. The average molecular weight is 409 g/mol. The summed E-state index contributed by atoms with van der Waals surface area (Å²) < 4.78 is 27.5. The van der Waals surface area contributed by atoms with Crippen LogP contribution in [0.15, 0.2) is 20.1 Å². The summed E-state index contributed by atoms with van der Waals surface area (Å²) in [4.78, 5) is 11.9. The van der Waals surface area contributed by atoms with E-state index in [1.807, 2.05) is 0 Å². The molecule has 2 rings (SSSR count). The highest BCUT2D eigenvalue weighted by Gasteiger charge is 2.18. The summed E-state index contributed by atoms with van der Waals surface area (Å²) in [6.07, 6.45) is 7.02. The van der Waals surface area contributed by atoms with Crippen LogP contribution in [0.3, 0.4) is 0 Å². The Morgan fingerprint density at radius 3 is 2.50 bits per heavy atom. The summed E-state index contributed by atoms with van der Waals surface area (Å²) in [5.74, 6) is -0.0815. The van der Waals surface area contributed by atoms with Crippen LogP contribution < -0.4 is 10.0 Å². The van der Waals surface area contributed by atoms with E-state index in [2.05, 4.69) is 26.0 Å². The number of sulfonamides is 1. The average Bonchev–Trinajstić information content (AvgIpc) is 2.74. The lowest BCUT2D eigenvalue weighted by atomic mass is 10.1. The van der Waals surface area contributed by atoms with Crippen molar-refractivity contribution in [2.75, 3.05) is 6.54 Å². The first-order valence-electron chi connectivity index (χ1n) is 7.52. The molecule has 0 unspecified atom stereocenters. The Morgan fingerprint density at radius 1 is 1.23 bits per heavy atom. The number of thiophene rings is 1. The number of carbonyl (C=O) groups is 1. The zero-order valence-corrected chi connectivity index (χ0v) is 15.5. The van der Waals surface area contributed by atoms with Gasteiger partial charge in [-0.25, -0.2) is 13.1 Å². The predicted octanol–water partition coefficient (Wildman–Crippen LogP) is 3.02. The van der Waals surface area contributed by atoms with Gasteiger partial charge in [-0.3, -0.25) is 4.79 Å². The van der Waals surface area contributed by atoms with Crippen LogP contribution in [0.4, 0.5) is 0 Å². The van der Waals surface area contributed by atoms with Gasteiger partial charge in [0.1, 0.15) is 4.21 Å². The molecular weight excluding hydrogens is 388 g/mol. The van der Waals surface area contributed by atoms with Crippen molar-refractivity contribution in [2.45, 2.75) is 55.2 Å². The van der Waals surface area contributed by atoms with E-state index in [1.54, 1.807) is 12.1 Å². The number of hydrogen-bond acceptors (Lipinski definition) is 4. The number of carbonyl (C=O) groups excluding carboxylic acids is 1. The van der Waals surface area contributed by atoms with Gasteiger partial charge in [0.05, 0.1) is 3.79 Å². The van der Waals surface area contributed by atoms with Crippen LogP contribution >= 0.6 is 27.3 Å². The Hall–Kier alpha value is -0.440. The van der Waals surface area contributed by atoms with E-state index in [4.69, 9.17) is 0 Å². The lowest BCUT2D eigenvalue weighted by Gasteiger charge is -2.16. The molecule has 1 aromatic rings. The zero-order chi connectivity index (χ0) is 16.0. The fourth-order valence-corrected chi connectivity index (χ4v) is 5.62. The molecule has 0 atom stereocenters. The third-order valence-corrected chi connectivity index (χ3v) is 7.25.